The van der Waals surface area contributed by atoms with Crippen LogP contribution in [0.25, 0.3) is 6.08 Å². The second-order valence-electron chi connectivity index (χ2n) is 2.05. The lowest BCUT2D eigenvalue weighted by atomic mass is 10.5. The smallest absolute Gasteiger partial charge is 0.105 e. The molecule has 1 aromatic rings. The van der Waals surface area contributed by atoms with Gasteiger partial charge in [-0.15, -0.1) is 0 Å². The Bertz CT molecular complexity index is 334. The van der Waals surface area contributed by atoms with Crippen molar-refractivity contribution in [2.24, 2.45) is 4.99 Å². The van der Waals surface area contributed by atoms with Crippen LogP contribution in [0.15, 0.2) is 11.2 Å². The van der Waals surface area contributed by atoms with Gasteiger partial charge in [-0.05, 0) is 6.08 Å². The van der Waals surface area contributed by atoms with Crippen LogP contribution < -0.4 is 16.4 Å². The lowest BCUT2D eigenvalue weighted by molar-refractivity contribution is 1.23. The molecule has 0 saturated heterocycles. The van der Waals surface area contributed by atoms with Crippen molar-refractivity contribution in [1.82, 2.24) is 4.98 Å². The van der Waals surface area contributed by atoms with Crippen molar-refractivity contribution in [1.29, 1.82) is 0 Å². The molecule has 0 aliphatic carbocycles. The molecule has 1 aliphatic heterocycles. The molecule has 0 amide bonds. The molecule has 0 aromatic carbocycles. The third-order valence-electron chi connectivity index (χ3n) is 1.46. The minimum Gasteiger partial charge on any atom is -0.396 e. The van der Waals surface area contributed by atoms with Gasteiger partial charge in [-0.1, -0.05) is 0 Å². The molecule has 0 atom stereocenters. The fourth-order valence-corrected chi connectivity index (χ4v) is 1.01. The fraction of sp³-hybridized carbons (Fsp3) is 0.167. The summed E-state index contributed by atoms with van der Waals surface area (Å²) in [5.74, 6) is 0. The zero-order chi connectivity index (χ0) is 6.27. The van der Waals surface area contributed by atoms with Crippen LogP contribution in [-0.4, -0.2) is 11.5 Å². The summed E-state index contributed by atoms with van der Waals surface area (Å²) in [6.07, 6.45) is 3.79. The van der Waals surface area contributed by atoms with Crippen molar-refractivity contribution in [3.05, 3.63) is 16.9 Å². The number of nitrogens with one attached hydrogen (secondary N) is 1. The van der Waals surface area contributed by atoms with Crippen LogP contribution in [0.4, 0.5) is 5.69 Å². The molecular formula is C6H7N3. The minimum absolute atomic E-state index is 0.749. The summed E-state index contributed by atoms with van der Waals surface area (Å²) in [6.45, 7) is 0.770. The molecule has 46 valence electrons. The second kappa shape index (κ2) is 1.37. The Morgan fingerprint density at radius 3 is 3.33 bits per heavy atom. The Balaban J connectivity index is 3.01. The largest absolute Gasteiger partial charge is 0.396 e. The predicted molar refractivity (Wildman–Crippen MR) is 35.3 cm³/mol. The quantitative estimate of drug-likeness (QED) is 0.455. The summed E-state index contributed by atoms with van der Waals surface area (Å²) in [5, 5.41) is 1.99. The number of hydrogen-bond acceptors (Lipinski definition) is 2. The molecule has 0 saturated carbocycles. The van der Waals surface area contributed by atoms with E-state index in [4.69, 9.17) is 5.73 Å². The van der Waals surface area contributed by atoms with Crippen LogP contribution >= 0.6 is 0 Å². The maximum absolute atomic E-state index is 5.55. The van der Waals surface area contributed by atoms with Gasteiger partial charge in [0.25, 0.3) is 0 Å². The van der Waals surface area contributed by atoms with Crippen LogP contribution in [-0.2, 0) is 0 Å². The zero-order valence-corrected chi connectivity index (χ0v) is 4.89. The Kier molecular flexibility index (Phi) is 0.704. The van der Waals surface area contributed by atoms with E-state index in [1.54, 1.807) is 6.20 Å². The van der Waals surface area contributed by atoms with Gasteiger partial charge >= 0.3 is 0 Å². The van der Waals surface area contributed by atoms with Crippen molar-refractivity contribution < 1.29 is 0 Å². The van der Waals surface area contributed by atoms with Crippen LogP contribution in [0, 0.1) is 0 Å². The maximum Gasteiger partial charge on any atom is 0.105 e. The third kappa shape index (κ3) is 0.483. The van der Waals surface area contributed by atoms with Crippen molar-refractivity contribution in [2.75, 3.05) is 12.3 Å². The normalized spacial score (nSPS) is 14.2. The Hall–Kier alpha value is -1.25. The molecule has 0 spiro atoms. The van der Waals surface area contributed by atoms with Gasteiger partial charge in [0, 0.05) is 6.20 Å². The van der Waals surface area contributed by atoms with Gasteiger partial charge in [-0.25, -0.2) is 0 Å². The van der Waals surface area contributed by atoms with Gasteiger partial charge in [0.15, 0.2) is 0 Å². The summed E-state index contributed by atoms with van der Waals surface area (Å²) in [6, 6.07) is 0. The number of hydrogen-bond donors (Lipinski definition) is 2. The number of rotatable bonds is 0. The average Bonchev–Trinajstić information content (AvgIpc) is 2.35. The first-order valence-electron chi connectivity index (χ1n) is 2.85. The number of aromatic amines is 1. The highest BCUT2D eigenvalue weighted by atomic mass is 14.8. The molecule has 1 aromatic heterocycles. The lowest BCUT2D eigenvalue weighted by Crippen LogP contribution is -2.20. The molecule has 2 heterocycles. The number of anilines is 1. The van der Waals surface area contributed by atoms with Gasteiger partial charge in [0.05, 0.1) is 17.6 Å². The second-order valence-corrected chi connectivity index (χ2v) is 2.05. The van der Waals surface area contributed by atoms with Crippen LogP contribution in [0.5, 0.6) is 0 Å². The van der Waals surface area contributed by atoms with E-state index in [-0.39, 0.29) is 0 Å². The standard InChI is InChI=1S/C6H7N3/c7-4-3-9-5-1-2-8-6(4)5/h1,3,9H,2,7H2. The summed E-state index contributed by atoms with van der Waals surface area (Å²) >= 11 is 0. The van der Waals surface area contributed by atoms with Gasteiger partial charge in [0.2, 0.25) is 0 Å². The third-order valence-corrected chi connectivity index (χ3v) is 1.46. The van der Waals surface area contributed by atoms with E-state index in [2.05, 4.69) is 9.98 Å². The Labute approximate surface area is 51.9 Å². The lowest BCUT2D eigenvalue weighted by Gasteiger charge is -1.76. The van der Waals surface area contributed by atoms with E-state index in [9.17, 15) is 0 Å². The molecule has 0 radical (unpaired) electrons. The van der Waals surface area contributed by atoms with Crippen LogP contribution in [0.1, 0.15) is 0 Å². The van der Waals surface area contributed by atoms with Crippen molar-refractivity contribution in [3.8, 4) is 0 Å². The molecular weight excluding hydrogens is 114 g/mol. The highest BCUT2D eigenvalue weighted by Crippen LogP contribution is 1.86. The van der Waals surface area contributed by atoms with Gasteiger partial charge in [-0.2, -0.15) is 0 Å². The molecule has 3 N–H and O–H groups in total. The molecule has 0 bridgehead atoms. The summed E-state index contributed by atoms with van der Waals surface area (Å²) < 4.78 is 0. The SMILES string of the molecule is Nc1c[nH]c2c1=NCC=2. The average molecular weight is 121 g/mol. The van der Waals surface area contributed by atoms with E-state index in [1.807, 2.05) is 6.08 Å². The molecule has 3 nitrogen and oxygen atoms in total. The minimum atomic E-state index is 0.749. The molecule has 3 heteroatoms. The number of aromatic nitrogens is 1. The highest BCUT2D eigenvalue weighted by Gasteiger charge is 1.98. The van der Waals surface area contributed by atoms with E-state index in [0.29, 0.717) is 0 Å². The monoisotopic (exact) mass is 121 g/mol. The number of H-pyrrole nitrogens is 1. The van der Waals surface area contributed by atoms with E-state index >= 15 is 0 Å². The fourth-order valence-electron chi connectivity index (χ4n) is 1.01. The van der Waals surface area contributed by atoms with E-state index < -0.39 is 0 Å². The van der Waals surface area contributed by atoms with Gasteiger partial charge in [0.1, 0.15) is 5.36 Å². The molecule has 0 unspecified atom stereocenters. The highest BCUT2D eigenvalue weighted by molar-refractivity contribution is 5.40. The van der Waals surface area contributed by atoms with E-state index in [1.165, 1.54) is 0 Å². The number of fused-ring (bicyclic) bond motifs is 1. The number of nitrogens with two attached hydrogens (primary N) is 1. The first-order valence-corrected chi connectivity index (χ1v) is 2.85. The first kappa shape index (κ1) is 4.61. The maximum atomic E-state index is 5.55. The number of nitrogens with zero attached hydrogens (tertiary/aromatic N) is 1. The Morgan fingerprint density at radius 1 is 1.67 bits per heavy atom. The molecule has 1 aliphatic rings. The van der Waals surface area contributed by atoms with Crippen molar-refractivity contribution in [3.63, 3.8) is 0 Å². The predicted octanol–water partition coefficient (Wildman–Crippen LogP) is -0.989. The van der Waals surface area contributed by atoms with Crippen molar-refractivity contribution in [2.45, 2.75) is 0 Å². The van der Waals surface area contributed by atoms with E-state index in [0.717, 1.165) is 22.9 Å². The molecule has 9 heavy (non-hydrogen) atoms. The molecule has 2 rings (SSSR count). The van der Waals surface area contributed by atoms with Crippen LogP contribution in [0.3, 0.4) is 0 Å². The van der Waals surface area contributed by atoms with Gasteiger partial charge in [-0.3, -0.25) is 4.99 Å². The first-order chi connectivity index (χ1) is 4.38. The van der Waals surface area contributed by atoms with Crippen molar-refractivity contribution >= 4 is 11.8 Å². The topological polar surface area (TPSA) is 54.2 Å². The number of nitrogen functional groups attached to an aromatic ring is 1. The molecule has 0 fully saturated rings. The zero-order valence-electron chi connectivity index (χ0n) is 4.89. The summed E-state index contributed by atoms with van der Waals surface area (Å²) in [7, 11) is 0. The summed E-state index contributed by atoms with van der Waals surface area (Å²) in [4.78, 5) is 7.16. The van der Waals surface area contributed by atoms with Gasteiger partial charge < -0.3 is 10.7 Å². The Morgan fingerprint density at radius 2 is 2.56 bits per heavy atom. The summed E-state index contributed by atoms with van der Waals surface area (Å²) in [5.41, 5.74) is 6.30. The van der Waals surface area contributed by atoms with Crippen LogP contribution in [0.2, 0.25) is 0 Å².